The first kappa shape index (κ1) is 14.4. The van der Waals surface area contributed by atoms with Gasteiger partial charge in [-0.3, -0.25) is 10.2 Å². The van der Waals surface area contributed by atoms with E-state index in [1.807, 2.05) is 32.9 Å². The SMILES string of the molecule is CC(C)(C)OC(=O)N1Cc2ccccc2C1NC1COC1. The summed E-state index contributed by atoms with van der Waals surface area (Å²) in [5.74, 6) is 0. The number of benzene rings is 1. The smallest absolute Gasteiger partial charge is 0.412 e. The van der Waals surface area contributed by atoms with Crippen LogP contribution >= 0.6 is 0 Å². The Kier molecular flexibility index (Phi) is 3.63. The Hall–Kier alpha value is -1.59. The molecule has 0 saturated carbocycles. The van der Waals surface area contributed by atoms with Crippen LogP contribution < -0.4 is 5.32 Å². The van der Waals surface area contributed by atoms with Crippen molar-refractivity contribution >= 4 is 6.09 Å². The molecule has 1 N–H and O–H groups in total. The van der Waals surface area contributed by atoms with Crippen LogP contribution in [0.1, 0.15) is 38.1 Å². The molecule has 0 aromatic heterocycles. The normalized spacial score (nSPS) is 21.9. The first-order valence-electron chi connectivity index (χ1n) is 7.35. The summed E-state index contributed by atoms with van der Waals surface area (Å²) in [5.41, 5.74) is 1.83. The zero-order valence-corrected chi connectivity index (χ0v) is 12.8. The predicted molar refractivity (Wildman–Crippen MR) is 78.7 cm³/mol. The minimum absolute atomic E-state index is 0.134. The van der Waals surface area contributed by atoms with E-state index >= 15 is 0 Å². The first-order valence-corrected chi connectivity index (χ1v) is 7.35. The quantitative estimate of drug-likeness (QED) is 0.909. The van der Waals surface area contributed by atoms with Gasteiger partial charge >= 0.3 is 6.09 Å². The molecule has 3 rings (SSSR count). The highest BCUT2D eigenvalue weighted by molar-refractivity contribution is 5.70. The van der Waals surface area contributed by atoms with Crippen molar-refractivity contribution < 1.29 is 14.3 Å². The molecule has 1 atom stereocenters. The molecule has 1 aromatic carbocycles. The molecule has 0 bridgehead atoms. The minimum atomic E-state index is -0.490. The molecule has 1 fully saturated rings. The number of nitrogens with zero attached hydrogens (tertiary/aromatic N) is 1. The van der Waals surface area contributed by atoms with E-state index < -0.39 is 5.60 Å². The van der Waals surface area contributed by atoms with E-state index in [0.29, 0.717) is 25.8 Å². The fourth-order valence-corrected chi connectivity index (χ4v) is 2.61. The van der Waals surface area contributed by atoms with Crippen molar-refractivity contribution in [2.24, 2.45) is 0 Å². The lowest BCUT2D eigenvalue weighted by atomic mass is 10.1. The van der Waals surface area contributed by atoms with Crippen LogP contribution in [0.25, 0.3) is 0 Å². The number of carbonyl (C=O) groups is 1. The van der Waals surface area contributed by atoms with Gasteiger partial charge in [0.05, 0.1) is 25.8 Å². The number of hydrogen-bond donors (Lipinski definition) is 1. The number of amides is 1. The van der Waals surface area contributed by atoms with Gasteiger partial charge in [-0.25, -0.2) is 4.79 Å². The molecular formula is C16H22N2O3. The third-order valence-electron chi connectivity index (χ3n) is 3.66. The van der Waals surface area contributed by atoms with Gasteiger partial charge < -0.3 is 9.47 Å². The molecule has 1 amide bonds. The maximum atomic E-state index is 12.5. The molecule has 5 heteroatoms. The molecule has 0 spiro atoms. The number of ether oxygens (including phenoxy) is 2. The van der Waals surface area contributed by atoms with E-state index in [4.69, 9.17) is 9.47 Å². The maximum Gasteiger partial charge on any atom is 0.412 e. The second-order valence-corrected chi connectivity index (χ2v) is 6.61. The van der Waals surface area contributed by atoms with Gasteiger partial charge in [0.1, 0.15) is 11.8 Å². The molecule has 1 aromatic rings. The van der Waals surface area contributed by atoms with Crippen molar-refractivity contribution in [3.63, 3.8) is 0 Å². The molecule has 114 valence electrons. The second-order valence-electron chi connectivity index (χ2n) is 6.61. The number of carbonyl (C=O) groups excluding carboxylic acids is 1. The molecule has 0 aliphatic carbocycles. The van der Waals surface area contributed by atoms with Crippen molar-refractivity contribution in [2.75, 3.05) is 13.2 Å². The molecule has 2 aliphatic heterocycles. The second kappa shape index (κ2) is 5.31. The Labute approximate surface area is 125 Å². The van der Waals surface area contributed by atoms with Crippen LogP contribution in [0.4, 0.5) is 4.79 Å². The van der Waals surface area contributed by atoms with Crippen molar-refractivity contribution in [1.82, 2.24) is 10.2 Å². The van der Waals surface area contributed by atoms with E-state index in [9.17, 15) is 4.79 Å². The van der Waals surface area contributed by atoms with Crippen LogP contribution in [0.2, 0.25) is 0 Å². The molecular weight excluding hydrogens is 268 g/mol. The number of fused-ring (bicyclic) bond motifs is 1. The minimum Gasteiger partial charge on any atom is -0.444 e. The highest BCUT2D eigenvalue weighted by Gasteiger charge is 2.37. The standard InChI is InChI=1S/C16H22N2O3/c1-16(2,3)21-15(19)18-8-11-6-4-5-7-13(11)14(18)17-12-9-20-10-12/h4-7,12,14,17H,8-10H2,1-3H3. The summed E-state index contributed by atoms with van der Waals surface area (Å²) in [6.07, 6.45) is -0.415. The van der Waals surface area contributed by atoms with Crippen LogP contribution in [0, 0.1) is 0 Å². The van der Waals surface area contributed by atoms with Crippen LogP contribution in [0.5, 0.6) is 0 Å². The fraction of sp³-hybridized carbons (Fsp3) is 0.562. The summed E-state index contributed by atoms with van der Waals surface area (Å²) in [4.78, 5) is 14.2. The zero-order valence-electron chi connectivity index (χ0n) is 12.8. The average Bonchev–Trinajstić information content (AvgIpc) is 2.70. The van der Waals surface area contributed by atoms with Gasteiger partial charge in [-0.15, -0.1) is 0 Å². The summed E-state index contributed by atoms with van der Waals surface area (Å²) in [7, 11) is 0. The van der Waals surface area contributed by atoms with Crippen molar-refractivity contribution in [3.8, 4) is 0 Å². The Balaban J connectivity index is 1.80. The average molecular weight is 290 g/mol. The highest BCUT2D eigenvalue weighted by Crippen LogP contribution is 2.33. The topological polar surface area (TPSA) is 50.8 Å². The van der Waals surface area contributed by atoms with E-state index in [2.05, 4.69) is 17.4 Å². The lowest BCUT2D eigenvalue weighted by Crippen LogP contribution is -2.51. The summed E-state index contributed by atoms with van der Waals surface area (Å²) in [5, 5.41) is 3.49. The molecule has 2 aliphatic rings. The Bertz CT molecular complexity index is 535. The molecule has 1 saturated heterocycles. The Morgan fingerprint density at radius 2 is 2.05 bits per heavy atom. The molecule has 5 nitrogen and oxygen atoms in total. The van der Waals surface area contributed by atoms with Gasteiger partial charge in [0, 0.05) is 0 Å². The highest BCUT2D eigenvalue weighted by atomic mass is 16.6. The fourth-order valence-electron chi connectivity index (χ4n) is 2.61. The first-order chi connectivity index (χ1) is 9.94. The number of nitrogens with one attached hydrogen (secondary N) is 1. The Morgan fingerprint density at radius 3 is 2.67 bits per heavy atom. The van der Waals surface area contributed by atoms with Crippen molar-refractivity contribution in [2.45, 2.75) is 45.1 Å². The predicted octanol–water partition coefficient (Wildman–Crippen LogP) is 2.42. The van der Waals surface area contributed by atoms with Gasteiger partial charge in [0.2, 0.25) is 0 Å². The van der Waals surface area contributed by atoms with E-state index in [1.54, 1.807) is 4.90 Å². The van der Waals surface area contributed by atoms with Gasteiger partial charge in [-0.05, 0) is 31.9 Å². The van der Waals surface area contributed by atoms with E-state index in [0.717, 1.165) is 5.56 Å². The summed E-state index contributed by atoms with van der Waals surface area (Å²) in [6, 6.07) is 8.43. The van der Waals surface area contributed by atoms with Crippen LogP contribution in [-0.2, 0) is 16.0 Å². The van der Waals surface area contributed by atoms with Crippen LogP contribution in [0.15, 0.2) is 24.3 Å². The molecule has 1 unspecified atom stereocenters. The van der Waals surface area contributed by atoms with E-state index in [1.165, 1.54) is 5.56 Å². The summed E-state index contributed by atoms with van der Waals surface area (Å²) in [6.45, 7) is 7.63. The number of hydrogen-bond acceptors (Lipinski definition) is 4. The largest absolute Gasteiger partial charge is 0.444 e. The lowest BCUT2D eigenvalue weighted by molar-refractivity contribution is -0.0283. The van der Waals surface area contributed by atoms with Gasteiger partial charge in [0.15, 0.2) is 0 Å². The maximum absolute atomic E-state index is 12.5. The third kappa shape index (κ3) is 3.04. The molecule has 0 radical (unpaired) electrons. The monoisotopic (exact) mass is 290 g/mol. The zero-order chi connectivity index (χ0) is 15.0. The third-order valence-corrected chi connectivity index (χ3v) is 3.66. The lowest BCUT2D eigenvalue weighted by Gasteiger charge is -2.35. The summed E-state index contributed by atoms with van der Waals surface area (Å²) >= 11 is 0. The van der Waals surface area contributed by atoms with Crippen molar-refractivity contribution in [3.05, 3.63) is 35.4 Å². The van der Waals surface area contributed by atoms with Crippen LogP contribution in [-0.4, -0.2) is 35.8 Å². The van der Waals surface area contributed by atoms with Crippen LogP contribution in [0.3, 0.4) is 0 Å². The van der Waals surface area contributed by atoms with E-state index in [-0.39, 0.29) is 12.3 Å². The summed E-state index contributed by atoms with van der Waals surface area (Å²) < 4.78 is 10.7. The molecule has 21 heavy (non-hydrogen) atoms. The van der Waals surface area contributed by atoms with Gasteiger partial charge in [0.25, 0.3) is 0 Å². The Morgan fingerprint density at radius 1 is 1.33 bits per heavy atom. The molecule has 2 heterocycles. The van der Waals surface area contributed by atoms with Crippen molar-refractivity contribution in [1.29, 1.82) is 0 Å². The van der Waals surface area contributed by atoms with Gasteiger partial charge in [-0.2, -0.15) is 0 Å². The number of rotatable bonds is 2. The van der Waals surface area contributed by atoms with Gasteiger partial charge in [-0.1, -0.05) is 24.3 Å².